The zero-order chi connectivity index (χ0) is 9.14. The molecule has 1 aromatic heterocycles. The fraction of sp³-hybridized carbons (Fsp3) is 0.143. The van der Waals surface area contributed by atoms with Crippen molar-refractivity contribution in [2.75, 3.05) is 0 Å². The Hall–Kier alpha value is -1.13. The first-order valence-electron chi connectivity index (χ1n) is 3.22. The molecular formula is C7H7ClN2O2. The molecule has 4 nitrogen and oxygen atoms in total. The Morgan fingerprint density at radius 3 is 2.83 bits per heavy atom. The fourth-order valence-corrected chi connectivity index (χ4v) is 0.894. The lowest BCUT2D eigenvalue weighted by Gasteiger charge is -2.04. The molecule has 0 unspecified atom stereocenters. The fourth-order valence-electron chi connectivity index (χ4n) is 0.724. The summed E-state index contributed by atoms with van der Waals surface area (Å²) < 4.78 is 0. The van der Waals surface area contributed by atoms with E-state index in [2.05, 4.69) is 4.98 Å². The van der Waals surface area contributed by atoms with E-state index in [1.807, 2.05) is 0 Å². The van der Waals surface area contributed by atoms with Crippen molar-refractivity contribution in [2.24, 2.45) is 5.73 Å². The quantitative estimate of drug-likeness (QED) is 0.671. The Morgan fingerprint density at radius 1 is 1.67 bits per heavy atom. The summed E-state index contributed by atoms with van der Waals surface area (Å²) in [6.07, 6.45) is 0. The number of nitrogens with two attached hydrogens (primary N) is 1. The van der Waals surface area contributed by atoms with E-state index in [1.54, 1.807) is 12.1 Å². The molecule has 0 aliphatic carbocycles. The Bertz CT molecular complexity index is 303. The van der Waals surface area contributed by atoms with Gasteiger partial charge in [0.1, 0.15) is 11.2 Å². The second-order valence-electron chi connectivity index (χ2n) is 2.20. The van der Waals surface area contributed by atoms with Gasteiger partial charge in [0.2, 0.25) is 0 Å². The summed E-state index contributed by atoms with van der Waals surface area (Å²) in [5.41, 5.74) is 5.55. The number of pyridine rings is 1. The first-order valence-corrected chi connectivity index (χ1v) is 3.60. The first kappa shape index (κ1) is 8.96. The molecule has 0 aliphatic heterocycles. The molecule has 64 valence electrons. The maximum Gasteiger partial charge on any atom is 0.326 e. The Labute approximate surface area is 74.0 Å². The van der Waals surface area contributed by atoms with Crippen LogP contribution in [-0.4, -0.2) is 16.1 Å². The minimum Gasteiger partial charge on any atom is -0.480 e. The van der Waals surface area contributed by atoms with E-state index in [9.17, 15) is 4.79 Å². The topological polar surface area (TPSA) is 76.2 Å². The van der Waals surface area contributed by atoms with Crippen molar-refractivity contribution in [3.63, 3.8) is 0 Å². The number of aliphatic carboxylic acids is 1. The van der Waals surface area contributed by atoms with Gasteiger partial charge < -0.3 is 10.8 Å². The number of hydrogen-bond donors (Lipinski definition) is 2. The minimum atomic E-state index is -1.12. The van der Waals surface area contributed by atoms with E-state index in [-0.39, 0.29) is 10.8 Å². The van der Waals surface area contributed by atoms with E-state index in [4.69, 9.17) is 22.4 Å². The summed E-state index contributed by atoms with van der Waals surface area (Å²) in [4.78, 5) is 14.2. The van der Waals surface area contributed by atoms with Crippen LogP contribution in [0, 0.1) is 0 Å². The molecule has 1 heterocycles. The van der Waals surface area contributed by atoms with Crippen LogP contribution in [0.1, 0.15) is 11.7 Å². The summed E-state index contributed by atoms with van der Waals surface area (Å²) in [6.45, 7) is 0. The van der Waals surface area contributed by atoms with Crippen molar-refractivity contribution in [1.29, 1.82) is 0 Å². The number of hydrogen-bond acceptors (Lipinski definition) is 3. The van der Waals surface area contributed by atoms with Crippen LogP contribution in [0.4, 0.5) is 0 Å². The Balaban J connectivity index is 2.95. The van der Waals surface area contributed by atoms with Gasteiger partial charge in [0.05, 0.1) is 5.69 Å². The van der Waals surface area contributed by atoms with Crippen molar-refractivity contribution < 1.29 is 9.90 Å². The maximum absolute atomic E-state index is 10.4. The van der Waals surface area contributed by atoms with Crippen LogP contribution in [0.15, 0.2) is 18.2 Å². The highest BCUT2D eigenvalue weighted by atomic mass is 35.5. The van der Waals surface area contributed by atoms with E-state index in [1.165, 1.54) is 6.07 Å². The van der Waals surface area contributed by atoms with E-state index in [0.717, 1.165) is 0 Å². The molecular weight excluding hydrogens is 180 g/mol. The number of rotatable bonds is 2. The van der Waals surface area contributed by atoms with Gasteiger partial charge in [-0.15, -0.1) is 0 Å². The van der Waals surface area contributed by atoms with Crippen LogP contribution >= 0.6 is 11.6 Å². The average molecular weight is 187 g/mol. The monoisotopic (exact) mass is 186 g/mol. The molecule has 0 aliphatic rings. The van der Waals surface area contributed by atoms with Gasteiger partial charge in [0, 0.05) is 0 Å². The molecule has 1 atom stereocenters. The predicted molar refractivity (Wildman–Crippen MR) is 43.8 cm³/mol. The highest BCUT2D eigenvalue weighted by Gasteiger charge is 2.15. The van der Waals surface area contributed by atoms with Crippen molar-refractivity contribution in [1.82, 2.24) is 4.98 Å². The zero-order valence-electron chi connectivity index (χ0n) is 6.07. The minimum absolute atomic E-state index is 0.240. The van der Waals surface area contributed by atoms with Crippen molar-refractivity contribution >= 4 is 17.6 Å². The molecule has 0 saturated carbocycles. The number of carbonyl (C=O) groups is 1. The molecule has 0 fully saturated rings. The highest BCUT2D eigenvalue weighted by Crippen LogP contribution is 2.10. The summed E-state index contributed by atoms with van der Waals surface area (Å²) in [6, 6.07) is 3.57. The molecule has 0 radical (unpaired) electrons. The maximum atomic E-state index is 10.4. The highest BCUT2D eigenvalue weighted by molar-refractivity contribution is 6.29. The summed E-state index contributed by atoms with van der Waals surface area (Å²) in [7, 11) is 0. The second-order valence-corrected chi connectivity index (χ2v) is 2.59. The molecule has 1 aromatic rings. The van der Waals surface area contributed by atoms with Crippen LogP contribution in [0.3, 0.4) is 0 Å². The summed E-state index contributed by atoms with van der Waals surface area (Å²) >= 11 is 5.53. The van der Waals surface area contributed by atoms with Gasteiger partial charge in [-0.1, -0.05) is 17.7 Å². The van der Waals surface area contributed by atoms with Gasteiger partial charge in [-0.3, -0.25) is 4.79 Å². The third-order valence-electron chi connectivity index (χ3n) is 1.32. The van der Waals surface area contributed by atoms with Gasteiger partial charge in [-0.05, 0) is 12.1 Å². The summed E-state index contributed by atoms with van der Waals surface area (Å²) in [5, 5.41) is 8.76. The van der Waals surface area contributed by atoms with Crippen molar-refractivity contribution in [2.45, 2.75) is 6.04 Å². The standard InChI is InChI=1S/C7H7ClN2O2/c8-5-3-1-2-4(10-5)6(9)7(11)12/h1-3,6H,9H2,(H,11,12)/t6-/m1/s1. The molecule has 12 heavy (non-hydrogen) atoms. The molecule has 0 bridgehead atoms. The summed E-state index contributed by atoms with van der Waals surface area (Å²) in [5.74, 6) is -1.12. The van der Waals surface area contributed by atoms with E-state index >= 15 is 0 Å². The molecule has 5 heteroatoms. The third-order valence-corrected chi connectivity index (χ3v) is 1.53. The predicted octanol–water partition coefficient (Wildman–Crippen LogP) is 0.819. The number of halogens is 1. The number of carboxylic acids is 1. The van der Waals surface area contributed by atoms with Crippen molar-refractivity contribution in [3.05, 3.63) is 29.0 Å². The van der Waals surface area contributed by atoms with Crippen LogP contribution < -0.4 is 5.73 Å². The number of carboxylic acid groups (broad SMARTS) is 1. The zero-order valence-corrected chi connectivity index (χ0v) is 6.82. The first-order chi connectivity index (χ1) is 5.61. The van der Waals surface area contributed by atoms with E-state index < -0.39 is 12.0 Å². The van der Waals surface area contributed by atoms with Crippen LogP contribution in [-0.2, 0) is 4.79 Å². The average Bonchev–Trinajstić information content (AvgIpc) is 2.03. The van der Waals surface area contributed by atoms with Crippen LogP contribution in [0.5, 0.6) is 0 Å². The molecule has 0 saturated heterocycles. The molecule has 0 spiro atoms. The number of nitrogens with zero attached hydrogens (tertiary/aromatic N) is 1. The SMILES string of the molecule is N[C@@H](C(=O)O)c1cccc(Cl)n1. The third kappa shape index (κ3) is 1.93. The normalized spacial score (nSPS) is 12.5. The molecule has 3 N–H and O–H groups in total. The largest absolute Gasteiger partial charge is 0.480 e. The smallest absolute Gasteiger partial charge is 0.326 e. The lowest BCUT2D eigenvalue weighted by atomic mass is 10.2. The van der Waals surface area contributed by atoms with Gasteiger partial charge in [0.25, 0.3) is 0 Å². The Kier molecular flexibility index (Phi) is 2.62. The van der Waals surface area contributed by atoms with Gasteiger partial charge in [-0.2, -0.15) is 0 Å². The van der Waals surface area contributed by atoms with Gasteiger partial charge in [0.15, 0.2) is 0 Å². The van der Waals surface area contributed by atoms with Crippen molar-refractivity contribution in [3.8, 4) is 0 Å². The van der Waals surface area contributed by atoms with E-state index in [0.29, 0.717) is 0 Å². The van der Waals surface area contributed by atoms with Crippen LogP contribution in [0.25, 0.3) is 0 Å². The second kappa shape index (κ2) is 3.51. The van der Waals surface area contributed by atoms with Gasteiger partial charge >= 0.3 is 5.97 Å². The van der Waals surface area contributed by atoms with Crippen LogP contribution in [0.2, 0.25) is 5.15 Å². The molecule has 0 amide bonds. The lowest BCUT2D eigenvalue weighted by molar-refractivity contribution is -0.138. The molecule has 0 aromatic carbocycles. The lowest BCUT2D eigenvalue weighted by Crippen LogP contribution is -2.21. The number of aromatic nitrogens is 1. The van der Waals surface area contributed by atoms with Gasteiger partial charge in [-0.25, -0.2) is 4.98 Å². The Morgan fingerprint density at radius 2 is 2.33 bits per heavy atom. The molecule has 1 rings (SSSR count).